The molecule has 0 amide bonds. The summed E-state index contributed by atoms with van der Waals surface area (Å²) in [7, 11) is -3.47. The maximum absolute atomic E-state index is 11.9. The molecule has 2 aromatic rings. The largest absolute Gasteiger partial charge is 0.492 e. The second kappa shape index (κ2) is 6.31. The van der Waals surface area contributed by atoms with Gasteiger partial charge < -0.3 is 10.5 Å². The number of hydrogen-bond donors (Lipinski definition) is 2. The molecule has 21 heavy (non-hydrogen) atoms. The topological polar surface area (TPSA) is 94.3 Å². The highest BCUT2D eigenvalue weighted by Gasteiger charge is 2.14. The fraction of sp³-hybridized carbons (Fsp3) is 0.308. The Kier molecular flexibility index (Phi) is 4.69. The number of ether oxygens (including phenoxy) is 1. The zero-order valence-electron chi connectivity index (χ0n) is 11.8. The van der Waals surface area contributed by atoms with Crippen LogP contribution in [0.3, 0.4) is 0 Å². The van der Waals surface area contributed by atoms with Crippen molar-refractivity contribution in [1.29, 1.82) is 0 Å². The number of aromatic nitrogens is 1. The Labute approximate surface area is 128 Å². The second-order valence-electron chi connectivity index (χ2n) is 4.50. The molecule has 0 unspecified atom stereocenters. The Morgan fingerprint density at radius 3 is 2.52 bits per heavy atom. The van der Waals surface area contributed by atoms with Crippen LogP contribution in [-0.4, -0.2) is 25.8 Å². The number of nitrogen functional groups attached to an aromatic ring is 1. The normalized spacial score (nSPS) is 11.3. The van der Waals surface area contributed by atoms with Crippen molar-refractivity contribution in [2.75, 3.05) is 22.8 Å². The Bertz CT molecular complexity index is 689. The fourth-order valence-electron chi connectivity index (χ4n) is 1.53. The Morgan fingerprint density at radius 2 is 1.95 bits per heavy atom. The van der Waals surface area contributed by atoms with Crippen LogP contribution in [0.25, 0.3) is 0 Å². The summed E-state index contributed by atoms with van der Waals surface area (Å²) in [5.41, 5.74) is 7.02. The molecule has 1 heterocycles. The van der Waals surface area contributed by atoms with Crippen molar-refractivity contribution >= 4 is 32.2 Å². The van der Waals surface area contributed by atoms with Gasteiger partial charge in [0.25, 0.3) is 0 Å². The van der Waals surface area contributed by atoms with Gasteiger partial charge in [-0.2, -0.15) is 0 Å². The molecule has 2 rings (SSSR count). The van der Waals surface area contributed by atoms with E-state index in [-0.39, 0.29) is 12.4 Å². The van der Waals surface area contributed by atoms with Crippen LogP contribution >= 0.6 is 11.3 Å². The predicted octanol–water partition coefficient (Wildman–Crippen LogP) is 2.16. The fourth-order valence-corrected chi connectivity index (χ4v) is 3.46. The molecular weight excluding hydrogens is 310 g/mol. The molecule has 3 N–H and O–H groups in total. The lowest BCUT2D eigenvalue weighted by molar-refractivity contribution is 0.341. The summed E-state index contributed by atoms with van der Waals surface area (Å²) in [5.74, 6) is 0.440. The third-order valence-corrected chi connectivity index (χ3v) is 5.10. The molecular formula is C13H17N3O3S2. The van der Waals surface area contributed by atoms with E-state index in [1.807, 2.05) is 13.8 Å². The van der Waals surface area contributed by atoms with Crippen molar-refractivity contribution in [2.24, 2.45) is 0 Å². The van der Waals surface area contributed by atoms with Gasteiger partial charge in [-0.05, 0) is 38.1 Å². The van der Waals surface area contributed by atoms with Crippen LogP contribution in [-0.2, 0) is 10.0 Å². The first-order valence-corrected chi connectivity index (χ1v) is 8.75. The summed E-state index contributed by atoms with van der Waals surface area (Å²) in [5, 5.41) is 0.387. The van der Waals surface area contributed by atoms with Gasteiger partial charge in [-0.1, -0.05) is 0 Å². The van der Waals surface area contributed by atoms with Crippen molar-refractivity contribution < 1.29 is 13.2 Å². The molecule has 6 nitrogen and oxygen atoms in total. The minimum absolute atomic E-state index is 0.0581. The molecule has 0 radical (unpaired) electrons. The highest BCUT2D eigenvalue weighted by Crippen LogP contribution is 2.22. The maximum Gasteiger partial charge on any atom is 0.237 e. The Balaban J connectivity index is 1.88. The quantitative estimate of drug-likeness (QED) is 0.793. The summed E-state index contributed by atoms with van der Waals surface area (Å²) in [6, 6.07) is 6.79. The minimum Gasteiger partial charge on any atom is -0.492 e. The number of anilines is 2. The second-order valence-corrected chi connectivity index (χ2v) is 7.54. The van der Waals surface area contributed by atoms with Crippen molar-refractivity contribution in [2.45, 2.75) is 13.8 Å². The summed E-state index contributed by atoms with van der Waals surface area (Å²) >= 11 is 1.32. The number of aryl methyl sites for hydroxylation is 2. The summed E-state index contributed by atoms with van der Waals surface area (Å²) in [6.07, 6.45) is 0. The molecule has 8 heteroatoms. The molecule has 0 spiro atoms. The number of nitrogens with zero attached hydrogens (tertiary/aromatic N) is 1. The van der Waals surface area contributed by atoms with E-state index in [0.717, 1.165) is 10.6 Å². The lowest BCUT2D eigenvalue weighted by Crippen LogP contribution is -2.21. The van der Waals surface area contributed by atoms with Crippen LogP contribution in [0.1, 0.15) is 10.6 Å². The molecule has 1 aromatic heterocycles. The first-order valence-electron chi connectivity index (χ1n) is 6.28. The lowest BCUT2D eigenvalue weighted by atomic mass is 10.3. The predicted molar refractivity (Wildman–Crippen MR) is 85.3 cm³/mol. The van der Waals surface area contributed by atoms with Gasteiger partial charge >= 0.3 is 0 Å². The molecule has 0 saturated carbocycles. The highest BCUT2D eigenvalue weighted by atomic mass is 32.2. The zero-order chi connectivity index (χ0) is 15.5. The average molecular weight is 327 g/mol. The van der Waals surface area contributed by atoms with Crippen molar-refractivity contribution in [1.82, 2.24) is 4.98 Å². The van der Waals surface area contributed by atoms with Crippen LogP contribution < -0.4 is 15.2 Å². The van der Waals surface area contributed by atoms with Gasteiger partial charge in [-0.25, -0.2) is 13.4 Å². The summed E-state index contributed by atoms with van der Waals surface area (Å²) < 4.78 is 31.7. The first kappa shape index (κ1) is 15.6. The molecule has 0 aliphatic rings. The average Bonchev–Trinajstić information content (AvgIpc) is 2.69. The van der Waals surface area contributed by atoms with E-state index in [9.17, 15) is 8.42 Å². The van der Waals surface area contributed by atoms with Gasteiger partial charge in [-0.3, -0.25) is 4.72 Å². The Hall–Kier alpha value is -1.80. The summed E-state index contributed by atoms with van der Waals surface area (Å²) in [6.45, 7) is 3.80. The lowest BCUT2D eigenvalue weighted by Gasteiger charge is -2.07. The van der Waals surface area contributed by atoms with Crippen molar-refractivity contribution in [3.63, 3.8) is 0 Å². The van der Waals surface area contributed by atoms with E-state index in [4.69, 9.17) is 10.5 Å². The molecule has 0 fully saturated rings. The van der Waals surface area contributed by atoms with Crippen molar-refractivity contribution in [3.8, 4) is 5.75 Å². The number of hydrogen-bond acceptors (Lipinski definition) is 6. The first-order chi connectivity index (χ1) is 9.85. The van der Waals surface area contributed by atoms with Crippen molar-refractivity contribution in [3.05, 3.63) is 34.8 Å². The molecule has 0 atom stereocenters. The SMILES string of the molecule is Cc1nc(NS(=O)(=O)CCOc2ccc(N)cc2)sc1C. The highest BCUT2D eigenvalue weighted by molar-refractivity contribution is 7.92. The monoisotopic (exact) mass is 327 g/mol. The van der Waals surface area contributed by atoms with Gasteiger partial charge in [0, 0.05) is 10.6 Å². The molecule has 114 valence electrons. The number of nitrogens with one attached hydrogen (secondary N) is 1. The van der Waals surface area contributed by atoms with E-state index in [1.165, 1.54) is 11.3 Å². The van der Waals surface area contributed by atoms with Crippen LogP contribution in [0, 0.1) is 13.8 Å². The molecule has 1 aromatic carbocycles. The Morgan fingerprint density at radius 1 is 1.29 bits per heavy atom. The van der Waals surface area contributed by atoms with Gasteiger partial charge in [0.2, 0.25) is 10.0 Å². The number of nitrogens with two attached hydrogens (primary N) is 1. The van der Waals surface area contributed by atoms with Gasteiger partial charge in [-0.15, -0.1) is 11.3 Å². The third kappa shape index (κ3) is 4.61. The number of thiazole rings is 1. The van der Waals surface area contributed by atoms with E-state index in [1.54, 1.807) is 24.3 Å². The van der Waals surface area contributed by atoms with Gasteiger partial charge in [0.15, 0.2) is 5.13 Å². The molecule has 0 saturated heterocycles. The third-order valence-electron chi connectivity index (χ3n) is 2.77. The van der Waals surface area contributed by atoms with E-state index in [2.05, 4.69) is 9.71 Å². The van der Waals surface area contributed by atoms with E-state index >= 15 is 0 Å². The molecule has 0 bridgehead atoms. The van der Waals surface area contributed by atoms with Gasteiger partial charge in [0.05, 0.1) is 5.69 Å². The number of rotatable bonds is 6. The van der Waals surface area contributed by atoms with Crippen LogP contribution in [0.2, 0.25) is 0 Å². The molecule has 0 aliphatic carbocycles. The number of sulfonamides is 1. The standard InChI is InChI=1S/C13H17N3O3S2/c1-9-10(2)20-13(15-9)16-21(17,18)8-7-19-12-5-3-11(14)4-6-12/h3-6H,7-8,14H2,1-2H3,(H,15,16). The van der Waals surface area contributed by atoms with Crippen LogP contribution in [0.15, 0.2) is 24.3 Å². The molecule has 0 aliphatic heterocycles. The summed E-state index contributed by atoms with van der Waals surface area (Å²) in [4.78, 5) is 5.14. The van der Waals surface area contributed by atoms with Gasteiger partial charge in [0.1, 0.15) is 18.1 Å². The minimum atomic E-state index is -3.47. The van der Waals surface area contributed by atoms with E-state index in [0.29, 0.717) is 16.6 Å². The van der Waals surface area contributed by atoms with E-state index < -0.39 is 10.0 Å². The zero-order valence-corrected chi connectivity index (χ0v) is 13.4. The number of benzene rings is 1. The van der Waals surface area contributed by atoms with Crippen LogP contribution in [0.5, 0.6) is 5.75 Å². The maximum atomic E-state index is 11.9. The smallest absolute Gasteiger partial charge is 0.237 e. The van der Waals surface area contributed by atoms with Crippen LogP contribution in [0.4, 0.5) is 10.8 Å².